The minimum absolute atomic E-state index is 0.170. The molecule has 2 aromatic carbocycles. The van der Waals surface area contributed by atoms with Crippen molar-refractivity contribution in [2.75, 3.05) is 11.3 Å². The van der Waals surface area contributed by atoms with E-state index in [4.69, 9.17) is 9.15 Å². The van der Waals surface area contributed by atoms with Gasteiger partial charge in [0.15, 0.2) is 5.58 Å². The van der Waals surface area contributed by atoms with Gasteiger partial charge in [-0.05, 0) is 56.2 Å². The first-order valence-electron chi connectivity index (χ1n) is 7.70. The number of aromatic amines is 1. The molecule has 3 aromatic rings. The maximum absolute atomic E-state index is 12.7. The number of hydrogen-bond acceptors (Lipinski definition) is 5. The number of benzene rings is 2. The molecule has 0 atom stereocenters. The molecule has 1 aromatic heterocycles. The summed E-state index contributed by atoms with van der Waals surface area (Å²) in [6.45, 7) is 5.89. The van der Waals surface area contributed by atoms with E-state index >= 15 is 0 Å². The van der Waals surface area contributed by atoms with Crippen molar-refractivity contribution in [2.24, 2.45) is 0 Å². The summed E-state index contributed by atoms with van der Waals surface area (Å²) in [6.07, 6.45) is 0. The molecule has 8 heteroatoms. The van der Waals surface area contributed by atoms with Crippen LogP contribution >= 0.6 is 0 Å². The van der Waals surface area contributed by atoms with E-state index < -0.39 is 15.8 Å². The Hall–Kier alpha value is -2.74. The highest BCUT2D eigenvalue weighted by molar-refractivity contribution is 7.92. The number of fused-ring (bicyclic) bond motifs is 1. The Bertz CT molecular complexity index is 1100. The van der Waals surface area contributed by atoms with Crippen LogP contribution in [0, 0.1) is 13.8 Å². The summed E-state index contributed by atoms with van der Waals surface area (Å²) in [7, 11) is -3.80. The summed E-state index contributed by atoms with van der Waals surface area (Å²) in [5, 5.41) is 0. The summed E-state index contributed by atoms with van der Waals surface area (Å²) in [6, 6.07) is 7.89. The maximum atomic E-state index is 12.7. The van der Waals surface area contributed by atoms with E-state index in [2.05, 4.69) is 9.71 Å². The van der Waals surface area contributed by atoms with Crippen molar-refractivity contribution in [3.63, 3.8) is 0 Å². The van der Waals surface area contributed by atoms with Gasteiger partial charge in [0, 0.05) is 6.07 Å². The molecule has 0 unspecified atom stereocenters. The highest BCUT2D eigenvalue weighted by atomic mass is 32.2. The number of oxazole rings is 1. The van der Waals surface area contributed by atoms with E-state index in [9.17, 15) is 13.2 Å². The SMILES string of the molecule is CCOc1cc(C)c(S(=O)(=O)Nc2ccc3[nH]c(=O)oc3c2)cc1C. The monoisotopic (exact) mass is 362 g/mol. The third kappa shape index (κ3) is 3.39. The van der Waals surface area contributed by atoms with E-state index in [0.29, 0.717) is 29.1 Å². The quantitative estimate of drug-likeness (QED) is 0.727. The van der Waals surface area contributed by atoms with Crippen molar-refractivity contribution in [1.29, 1.82) is 0 Å². The van der Waals surface area contributed by atoms with Crippen LogP contribution in [0.15, 0.2) is 44.4 Å². The van der Waals surface area contributed by atoms with Gasteiger partial charge in [0.1, 0.15) is 5.75 Å². The van der Waals surface area contributed by atoms with E-state index in [0.717, 1.165) is 5.56 Å². The number of anilines is 1. The van der Waals surface area contributed by atoms with Crippen molar-refractivity contribution in [3.05, 3.63) is 52.0 Å². The summed E-state index contributed by atoms with van der Waals surface area (Å²) < 4.78 is 38.4. The van der Waals surface area contributed by atoms with Gasteiger partial charge in [-0.15, -0.1) is 0 Å². The molecule has 132 valence electrons. The summed E-state index contributed by atoms with van der Waals surface area (Å²) in [5.41, 5.74) is 2.41. The average molecular weight is 362 g/mol. The van der Waals surface area contributed by atoms with Gasteiger partial charge in [-0.1, -0.05) is 0 Å². The highest BCUT2D eigenvalue weighted by Gasteiger charge is 2.19. The predicted octanol–water partition coefficient (Wildman–Crippen LogP) is 2.94. The van der Waals surface area contributed by atoms with Crippen LogP contribution in [-0.4, -0.2) is 20.0 Å². The van der Waals surface area contributed by atoms with Crippen LogP contribution in [0.25, 0.3) is 11.1 Å². The first-order valence-corrected chi connectivity index (χ1v) is 9.18. The smallest absolute Gasteiger partial charge is 0.417 e. The molecule has 2 N–H and O–H groups in total. The van der Waals surface area contributed by atoms with Crippen LogP contribution in [0.2, 0.25) is 0 Å². The van der Waals surface area contributed by atoms with Crippen molar-refractivity contribution < 1.29 is 17.6 Å². The highest BCUT2D eigenvalue weighted by Crippen LogP contribution is 2.28. The molecule has 3 rings (SSSR count). The molecule has 0 bridgehead atoms. The second kappa shape index (κ2) is 6.29. The lowest BCUT2D eigenvalue weighted by Gasteiger charge is -2.14. The normalized spacial score (nSPS) is 11.6. The number of rotatable bonds is 5. The fourth-order valence-electron chi connectivity index (χ4n) is 2.58. The lowest BCUT2D eigenvalue weighted by atomic mass is 10.1. The second-order valence-electron chi connectivity index (χ2n) is 5.65. The minimum Gasteiger partial charge on any atom is -0.494 e. The van der Waals surface area contributed by atoms with Crippen LogP contribution in [0.3, 0.4) is 0 Å². The van der Waals surface area contributed by atoms with Gasteiger partial charge in [-0.2, -0.15) is 0 Å². The molecule has 0 saturated heterocycles. The lowest BCUT2D eigenvalue weighted by Crippen LogP contribution is -2.14. The Kier molecular flexibility index (Phi) is 4.30. The number of hydrogen-bond donors (Lipinski definition) is 2. The molecular formula is C17H18N2O5S. The zero-order chi connectivity index (χ0) is 18.2. The van der Waals surface area contributed by atoms with Gasteiger partial charge in [0.2, 0.25) is 0 Å². The second-order valence-corrected chi connectivity index (χ2v) is 7.30. The molecule has 0 aliphatic rings. The first-order chi connectivity index (χ1) is 11.8. The number of H-pyrrole nitrogens is 1. The Labute approximate surface area is 144 Å². The Morgan fingerprint density at radius 3 is 2.64 bits per heavy atom. The molecule has 0 saturated carbocycles. The average Bonchev–Trinajstić information content (AvgIpc) is 2.89. The largest absolute Gasteiger partial charge is 0.494 e. The minimum atomic E-state index is -3.80. The van der Waals surface area contributed by atoms with Crippen LogP contribution in [0.1, 0.15) is 18.1 Å². The molecule has 0 aliphatic carbocycles. The van der Waals surface area contributed by atoms with E-state index in [1.807, 2.05) is 6.92 Å². The molecule has 0 amide bonds. The molecule has 0 spiro atoms. The molecule has 0 aliphatic heterocycles. The van der Waals surface area contributed by atoms with Crippen molar-refractivity contribution in [3.8, 4) is 5.75 Å². The first kappa shape index (κ1) is 17.1. The molecule has 1 heterocycles. The summed E-state index contributed by atoms with van der Waals surface area (Å²) in [5.74, 6) is 0.0717. The number of sulfonamides is 1. The van der Waals surface area contributed by atoms with Gasteiger partial charge < -0.3 is 9.15 Å². The third-order valence-corrected chi connectivity index (χ3v) is 5.26. The molecular weight excluding hydrogens is 344 g/mol. The van der Waals surface area contributed by atoms with Gasteiger partial charge in [-0.25, -0.2) is 13.2 Å². The number of ether oxygens (including phenoxy) is 1. The van der Waals surface area contributed by atoms with Gasteiger partial charge in [-0.3, -0.25) is 9.71 Å². The fourth-order valence-corrected chi connectivity index (χ4v) is 3.94. The van der Waals surface area contributed by atoms with Crippen molar-refractivity contribution in [2.45, 2.75) is 25.7 Å². The summed E-state index contributed by atoms with van der Waals surface area (Å²) >= 11 is 0. The Morgan fingerprint density at radius 2 is 1.92 bits per heavy atom. The summed E-state index contributed by atoms with van der Waals surface area (Å²) in [4.78, 5) is 13.9. The predicted molar refractivity (Wildman–Crippen MR) is 94.7 cm³/mol. The number of nitrogens with one attached hydrogen (secondary N) is 2. The number of aryl methyl sites for hydroxylation is 2. The third-order valence-electron chi connectivity index (χ3n) is 3.74. The van der Waals surface area contributed by atoms with Gasteiger partial charge >= 0.3 is 5.76 Å². The Morgan fingerprint density at radius 1 is 1.16 bits per heavy atom. The Balaban J connectivity index is 1.97. The van der Waals surface area contributed by atoms with E-state index in [1.54, 1.807) is 38.1 Å². The van der Waals surface area contributed by atoms with Gasteiger partial charge in [0.25, 0.3) is 10.0 Å². The molecule has 0 fully saturated rings. The van der Waals surface area contributed by atoms with E-state index in [1.165, 1.54) is 6.07 Å². The van der Waals surface area contributed by atoms with Crippen molar-refractivity contribution >= 4 is 26.8 Å². The lowest BCUT2D eigenvalue weighted by molar-refractivity contribution is 0.337. The van der Waals surface area contributed by atoms with Gasteiger partial charge in [0.05, 0.1) is 22.7 Å². The molecule has 0 radical (unpaired) electrons. The zero-order valence-electron chi connectivity index (χ0n) is 14.0. The maximum Gasteiger partial charge on any atom is 0.417 e. The standard InChI is InChI=1S/C17H18N2O5S/c1-4-23-14-7-11(3)16(8-10(14)2)25(21,22)19-12-5-6-13-15(9-12)24-17(20)18-13/h5-9,19H,4H2,1-3H3,(H,18,20). The van der Waals surface area contributed by atoms with Crippen LogP contribution in [0.4, 0.5) is 5.69 Å². The van der Waals surface area contributed by atoms with E-state index in [-0.39, 0.29) is 10.5 Å². The molecule has 7 nitrogen and oxygen atoms in total. The van der Waals surface area contributed by atoms with Crippen LogP contribution in [0.5, 0.6) is 5.75 Å². The van der Waals surface area contributed by atoms with Crippen molar-refractivity contribution in [1.82, 2.24) is 4.98 Å². The zero-order valence-corrected chi connectivity index (χ0v) is 14.9. The van der Waals surface area contributed by atoms with Crippen LogP contribution in [-0.2, 0) is 10.0 Å². The topological polar surface area (TPSA) is 101 Å². The number of aromatic nitrogens is 1. The molecule has 25 heavy (non-hydrogen) atoms. The van der Waals surface area contributed by atoms with Crippen LogP contribution < -0.4 is 15.2 Å². The fraction of sp³-hybridized carbons (Fsp3) is 0.235.